The maximum atomic E-state index is 11.9. The Morgan fingerprint density at radius 2 is 2.20 bits per heavy atom. The van der Waals surface area contributed by atoms with Gasteiger partial charge in [0.2, 0.25) is 5.91 Å². The lowest BCUT2D eigenvalue weighted by molar-refractivity contribution is -0.126. The van der Waals surface area contributed by atoms with E-state index < -0.39 is 0 Å². The van der Waals surface area contributed by atoms with Crippen LogP contribution in [-0.4, -0.2) is 44.6 Å². The maximum Gasteiger partial charge on any atom is 0.254 e. The fourth-order valence-electron chi connectivity index (χ4n) is 2.37. The zero-order valence-corrected chi connectivity index (χ0v) is 11.9. The molecule has 1 aliphatic heterocycles. The van der Waals surface area contributed by atoms with E-state index in [1.54, 1.807) is 4.52 Å². The van der Waals surface area contributed by atoms with Crippen LogP contribution in [-0.2, 0) is 4.79 Å². The van der Waals surface area contributed by atoms with Gasteiger partial charge in [-0.05, 0) is 20.8 Å². The second-order valence-electron chi connectivity index (χ2n) is 5.49. The highest BCUT2D eigenvalue weighted by Gasteiger charge is 2.34. The number of nitrogens with one attached hydrogen (secondary N) is 1. The lowest BCUT2D eigenvalue weighted by atomic mass is 9.99. The third kappa shape index (κ3) is 2.19. The average Bonchev–Trinajstić information content (AvgIpc) is 2.73. The van der Waals surface area contributed by atoms with E-state index in [0.717, 1.165) is 11.5 Å². The minimum absolute atomic E-state index is 0.0458. The molecule has 0 aliphatic carbocycles. The van der Waals surface area contributed by atoms with Gasteiger partial charge in [-0.25, -0.2) is 4.98 Å². The summed E-state index contributed by atoms with van der Waals surface area (Å²) in [6.45, 7) is 7.29. The Bertz CT molecular complexity index is 643. The molecule has 0 aromatic carbocycles. The van der Waals surface area contributed by atoms with Crippen LogP contribution >= 0.6 is 0 Å². The summed E-state index contributed by atoms with van der Waals surface area (Å²) in [5, 5.41) is 7.13. The molecule has 0 unspecified atom stereocenters. The molecule has 1 amide bonds. The summed E-state index contributed by atoms with van der Waals surface area (Å²) in [5.41, 5.74) is 0.899. The molecule has 0 saturated carbocycles. The molecule has 2 aromatic rings. The number of aromatic nitrogens is 4. The van der Waals surface area contributed by atoms with Crippen molar-refractivity contribution in [2.75, 3.05) is 18.0 Å². The van der Waals surface area contributed by atoms with Gasteiger partial charge in [0, 0.05) is 30.9 Å². The molecular weight excluding hydrogens is 256 g/mol. The fourth-order valence-corrected chi connectivity index (χ4v) is 2.37. The average molecular weight is 274 g/mol. The molecule has 1 N–H and O–H groups in total. The summed E-state index contributed by atoms with van der Waals surface area (Å²) < 4.78 is 1.71. The van der Waals surface area contributed by atoms with Gasteiger partial charge < -0.3 is 10.2 Å². The van der Waals surface area contributed by atoms with E-state index in [4.69, 9.17) is 0 Å². The lowest BCUT2D eigenvalue weighted by Gasteiger charge is -2.40. The molecule has 0 atom stereocenters. The van der Waals surface area contributed by atoms with E-state index >= 15 is 0 Å². The number of carbonyl (C=O) groups is 1. The Balaban J connectivity index is 1.75. The second-order valence-corrected chi connectivity index (χ2v) is 5.49. The molecule has 7 nitrogen and oxygen atoms in total. The van der Waals surface area contributed by atoms with Crippen molar-refractivity contribution in [3.05, 3.63) is 18.1 Å². The highest BCUT2D eigenvalue weighted by Crippen LogP contribution is 2.25. The number of carbonyl (C=O) groups excluding carboxylic acids is 1. The Morgan fingerprint density at radius 3 is 2.90 bits per heavy atom. The Kier molecular flexibility index (Phi) is 3.04. The summed E-state index contributed by atoms with van der Waals surface area (Å²) in [4.78, 5) is 22.5. The monoisotopic (exact) mass is 274 g/mol. The van der Waals surface area contributed by atoms with Gasteiger partial charge >= 0.3 is 0 Å². The number of anilines is 1. The molecule has 0 bridgehead atoms. The van der Waals surface area contributed by atoms with Crippen molar-refractivity contribution in [2.24, 2.45) is 5.92 Å². The van der Waals surface area contributed by atoms with Gasteiger partial charge in [0.1, 0.15) is 12.1 Å². The Morgan fingerprint density at radius 1 is 1.45 bits per heavy atom. The quantitative estimate of drug-likeness (QED) is 0.876. The number of hydrogen-bond acceptors (Lipinski definition) is 5. The SMILES string of the molecule is Cc1cc(N2CC(C(=O)NC(C)C)C2)n2ncnc2n1. The van der Waals surface area contributed by atoms with Crippen LogP contribution in [0.3, 0.4) is 0 Å². The first kappa shape index (κ1) is 12.8. The van der Waals surface area contributed by atoms with Crippen LogP contribution in [0.4, 0.5) is 5.82 Å². The predicted molar refractivity (Wildman–Crippen MR) is 74.5 cm³/mol. The summed E-state index contributed by atoms with van der Waals surface area (Å²) >= 11 is 0. The molecule has 2 aromatic heterocycles. The fraction of sp³-hybridized carbons (Fsp3) is 0.538. The maximum absolute atomic E-state index is 11.9. The van der Waals surface area contributed by atoms with Crippen LogP contribution in [0.2, 0.25) is 0 Å². The van der Waals surface area contributed by atoms with E-state index in [-0.39, 0.29) is 17.9 Å². The van der Waals surface area contributed by atoms with E-state index in [1.165, 1.54) is 6.33 Å². The molecule has 3 rings (SSSR count). The van der Waals surface area contributed by atoms with Crippen LogP contribution in [0.15, 0.2) is 12.4 Å². The highest BCUT2D eigenvalue weighted by molar-refractivity contribution is 5.82. The van der Waals surface area contributed by atoms with Crippen molar-refractivity contribution in [3.8, 4) is 0 Å². The first-order chi connectivity index (χ1) is 9.54. The summed E-state index contributed by atoms with van der Waals surface area (Å²) in [7, 11) is 0. The van der Waals surface area contributed by atoms with E-state index in [9.17, 15) is 4.79 Å². The van der Waals surface area contributed by atoms with Gasteiger partial charge in [-0.1, -0.05) is 0 Å². The van der Waals surface area contributed by atoms with Crippen LogP contribution < -0.4 is 10.2 Å². The number of amides is 1. The zero-order valence-electron chi connectivity index (χ0n) is 11.9. The van der Waals surface area contributed by atoms with Crippen LogP contribution in [0.1, 0.15) is 19.5 Å². The number of nitrogens with zero attached hydrogens (tertiary/aromatic N) is 5. The van der Waals surface area contributed by atoms with Gasteiger partial charge in [-0.3, -0.25) is 4.79 Å². The van der Waals surface area contributed by atoms with Crippen molar-refractivity contribution < 1.29 is 4.79 Å². The highest BCUT2D eigenvalue weighted by atomic mass is 16.2. The molecule has 1 aliphatic rings. The van der Waals surface area contributed by atoms with Crippen LogP contribution in [0.25, 0.3) is 5.78 Å². The molecule has 106 valence electrons. The standard InChI is InChI=1S/C13H18N6O/c1-8(2)16-12(20)10-5-18(6-10)11-4-9(3)17-13-14-7-15-19(11)13/h4,7-8,10H,5-6H2,1-3H3,(H,16,20). The van der Waals surface area contributed by atoms with Gasteiger partial charge in [0.05, 0.1) is 5.92 Å². The molecule has 0 radical (unpaired) electrons. The summed E-state index contributed by atoms with van der Waals surface area (Å²) in [6.07, 6.45) is 1.49. The van der Waals surface area contributed by atoms with Gasteiger partial charge in [0.15, 0.2) is 0 Å². The van der Waals surface area contributed by atoms with Crippen LogP contribution in [0.5, 0.6) is 0 Å². The van der Waals surface area contributed by atoms with Crippen molar-refractivity contribution in [3.63, 3.8) is 0 Å². The van der Waals surface area contributed by atoms with Crippen molar-refractivity contribution >= 4 is 17.5 Å². The van der Waals surface area contributed by atoms with Gasteiger partial charge in [-0.2, -0.15) is 14.6 Å². The molecule has 1 saturated heterocycles. The Hall–Kier alpha value is -2.18. The smallest absolute Gasteiger partial charge is 0.254 e. The molecule has 7 heteroatoms. The van der Waals surface area contributed by atoms with Crippen molar-refractivity contribution in [2.45, 2.75) is 26.8 Å². The van der Waals surface area contributed by atoms with Crippen molar-refractivity contribution in [1.82, 2.24) is 24.9 Å². The minimum atomic E-state index is 0.0458. The number of hydrogen-bond donors (Lipinski definition) is 1. The third-order valence-corrected chi connectivity index (χ3v) is 3.37. The topological polar surface area (TPSA) is 75.4 Å². The van der Waals surface area contributed by atoms with E-state index in [1.807, 2.05) is 26.8 Å². The third-order valence-electron chi connectivity index (χ3n) is 3.37. The first-order valence-corrected chi connectivity index (χ1v) is 6.77. The summed E-state index contributed by atoms with van der Waals surface area (Å²) in [5.74, 6) is 1.70. The van der Waals surface area contributed by atoms with E-state index in [0.29, 0.717) is 18.9 Å². The molecule has 20 heavy (non-hydrogen) atoms. The Labute approximate surface area is 117 Å². The lowest BCUT2D eigenvalue weighted by Crippen LogP contribution is -2.55. The second kappa shape index (κ2) is 4.73. The first-order valence-electron chi connectivity index (χ1n) is 6.77. The zero-order chi connectivity index (χ0) is 14.3. The minimum Gasteiger partial charge on any atom is -0.355 e. The van der Waals surface area contributed by atoms with Gasteiger partial charge in [0.25, 0.3) is 5.78 Å². The van der Waals surface area contributed by atoms with Gasteiger partial charge in [-0.15, -0.1) is 0 Å². The number of aryl methyl sites for hydroxylation is 1. The molecule has 1 fully saturated rings. The predicted octanol–water partition coefficient (Wildman–Crippen LogP) is 0.394. The summed E-state index contributed by atoms with van der Waals surface area (Å²) in [6, 6.07) is 2.15. The molecular formula is C13H18N6O. The number of rotatable bonds is 3. The number of fused-ring (bicyclic) bond motifs is 1. The largest absolute Gasteiger partial charge is 0.355 e. The van der Waals surface area contributed by atoms with Crippen molar-refractivity contribution in [1.29, 1.82) is 0 Å². The molecule has 0 spiro atoms. The van der Waals surface area contributed by atoms with E-state index in [2.05, 4.69) is 25.3 Å². The molecule has 3 heterocycles. The normalized spacial score (nSPS) is 15.7. The van der Waals surface area contributed by atoms with Crippen LogP contribution in [0, 0.1) is 12.8 Å².